The predicted octanol–water partition coefficient (Wildman–Crippen LogP) is 16.7. The van der Waals surface area contributed by atoms with Crippen LogP contribution in [0.4, 0.5) is 17.1 Å². The van der Waals surface area contributed by atoms with Crippen molar-refractivity contribution in [3.8, 4) is 0 Å². The van der Waals surface area contributed by atoms with Gasteiger partial charge in [0, 0.05) is 17.1 Å². The molecule has 0 aliphatic carbocycles. The van der Waals surface area contributed by atoms with Crippen molar-refractivity contribution in [2.45, 2.75) is 6.92 Å². The molecule has 8 aromatic carbocycles. The highest BCUT2D eigenvalue weighted by Gasteiger charge is 2.16. The summed E-state index contributed by atoms with van der Waals surface area (Å²) in [6.07, 6.45) is 17.2. The van der Waals surface area contributed by atoms with E-state index in [1.165, 1.54) is 29.9 Å². The number of carbonyl (C=O) groups is 4. The van der Waals surface area contributed by atoms with Crippen molar-refractivity contribution < 1.29 is 39.6 Å². The lowest BCUT2D eigenvalue weighted by Gasteiger charge is -2.26. The van der Waals surface area contributed by atoms with Gasteiger partial charge < -0.3 is 25.3 Å². The van der Waals surface area contributed by atoms with E-state index in [-0.39, 0.29) is 0 Å². The van der Waals surface area contributed by atoms with Crippen LogP contribution < -0.4 is 4.90 Å². The van der Waals surface area contributed by atoms with E-state index in [2.05, 4.69) is 55.5 Å². The van der Waals surface area contributed by atoms with E-state index in [4.69, 9.17) is 26.3 Å². The molecular formula is C73H49N5O8. The molecule has 0 aromatic heterocycles. The summed E-state index contributed by atoms with van der Waals surface area (Å²) >= 11 is 0. The van der Waals surface area contributed by atoms with Crippen LogP contribution in [0.25, 0.3) is 79.1 Å². The molecule has 0 unspecified atom stereocenters. The molecule has 8 aromatic rings. The van der Waals surface area contributed by atoms with Gasteiger partial charge in [-0.15, -0.1) is 0 Å². The Morgan fingerprint density at radius 1 is 0.314 bits per heavy atom. The van der Waals surface area contributed by atoms with E-state index in [1.54, 1.807) is 48.5 Å². The molecule has 414 valence electrons. The molecule has 13 nitrogen and oxygen atoms in total. The molecule has 0 spiro atoms. The molecular weight excluding hydrogens is 1070 g/mol. The first-order valence-corrected chi connectivity index (χ1v) is 26.3. The summed E-state index contributed by atoms with van der Waals surface area (Å²) in [4.78, 5) is 61.1. The molecule has 0 fully saturated rings. The van der Waals surface area contributed by atoms with Gasteiger partial charge in [0.15, 0.2) is 0 Å². The highest BCUT2D eigenvalue weighted by Crippen LogP contribution is 2.37. The highest BCUT2D eigenvalue weighted by molar-refractivity contribution is 5.98. The molecule has 4 N–H and O–H groups in total. The Kier molecular flexibility index (Phi) is 19.5. The fraction of sp³-hybridized carbons (Fsp3) is 0.0137. The van der Waals surface area contributed by atoms with Crippen LogP contribution in [-0.2, 0) is 19.2 Å². The summed E-state index contributed by atoms with van der Waals surface area (Å²) in [7, 11) is 0. The molecule has 86 heavy (non-hydrogen) atoms. The SMILES string of the molecule is [C-]#[N+]C(=Cc1ccc(C(=Cc2ccc(N(c3ccc(C=CC=Cc4ccc(C)cc4)cc3)c3ccc(C=C(c4ccc(C=C([N+]#[C-])C(=O)O)cc4)c4ccc(C=C([N+]#[C-])C(=O)O)cc4)cc3)cc2)c2ccc(C=C([N+]#[C-])C(=O)O)cc2)cc1)C(=O)O. The second-order valence-electron chi connectivity index (χ2n) is 19.1. The lowest BCUT2D eigenvalue weighted by molar-refractivity contribution is -0.133. The molecule has 8 rings (SSSR count). The van der Waals surface area contributed by atoms with Gasteiger partial charge in [0.05, 0.1) is 26.3 Å². The first-order valence-electron chi connectivity index (χ1n) is 26.3. The number of benzene rings is 8. The Morgan fingerprint density at radius 2 is 0.523 bits per heavy atom. The molecule has 0 saturated heterocycles. The average Bonchev–Trinajstić information content (AvgIpc) is 2.41. The van der Waals surface area contributed by atoms with Crippen LogP contribution in [0.15, 0.2) is 229 Å². The Balaban J connectivity index is 1.19. The van der Waals surface area contributed by atoms with Gasteiger partial charge in [0.2, 0.25) is 0 Å². The summed E-state index contributed by atoms with van der Waals surface area (Å²) < 4.78 is 0. The summed E-state index contributed by atoms with van der Waals surface area (Å²) in [6, 6.07) is 60.8. The lowest BCUT2D eigenvalue weighted by Crippen LogP contribution is -2.09. The zero-order chi connectivity index (χ0) is 61.1. The van der Waals surface area contributed by atoms with Crippen molar-refractivity contribution in [1.82, 2.24) is 0 Å². The summed E-state index contributed by atoms with van der Waals surface area (Å²) in [5, 5.41) is 37.9. The second kappa shape index (κ2) is 28.1. The molecule has 0 bridgehead atoms. The van der Waals surface area contributed by atoms with E-state index >= 15 is 0 Å². The monoisotopic (exact) mass is 1120 g/mol. The highest BCUT2D eigenvalue weighted by atomic mass is 16.4. The van der Waals surface area contributed by atoms with Crippen LogP contribution in [0.1, 0.15) is 72.3 Å². The van der Waals surface area contributed by atoms with Gasteiger partial charge >= 0.3 is 23.9 Å². The summed E-state index contributed by atoms with van der Waals surface area (Å²) in [5.41, 5.74) is 12.4. The number of aryl methyl sites for hydroxylation is 1. The van der Waals surface area contributed by atoms with Crippen molar-refractivity contribution >= 4 is 101 Å². The molecule has 0 amide bonds. The van der Waals surface area contributed by atoms with Gasteiger partial charge in [-0.2, -0.15) is 0 Å². The Bertz CT molecular complexity index is 3910. The molecule has 0 atom stereocenters. The smallest absolute Gasteiger partial charge is 0.333 e. The van der Waals surface area contributed by atoms with Gasteiger partial charge in [-0.25, -0.2) is 19.4 Å². The number of anilines is 3. The van der Waals surface area contributed by atoms with Crippen LogP contribution in [0.2, 0.25) is 0 Å². The zero-order valence-corrected chi connectivity index (χ0v) is 45.9. The van der Waals surface area contributed by atoms with E-state index in [0.29, 0.717) is 22.3 Å². The van der Waals surface area contributed by atoms with Crippen LogP contribution in [0, 0.1) is 33.2 Å². The molecule has 0 aliphatic heterocycles. The number of hydrogen-bond acceptors (Lipinski definition) is 5. The fourth-order valence-electron chi connectivity index (χ4n) is 8.87. The summed E-state index contributed by atoms with van der Waals surface area (Å²) in [5.74, 6) is -5.34. The third kappa shape index (κ3) is 15.6. The van der Waals surface area contributed by atoms with E-state index < -0.39 is 46.7 Å². The topological polar surface area (TPSA) is 170 Å². The van der Waals surface area contributed by atoms with Crippen molar-refractivity contribution in [3.05, 3.63) is 347 Å². The maximum absolute atomic E-state index is 11.6. The van der Waals surface area contributed by atoms with Gasteiger partial charge in [-0.05, 0) is 158 Å². The fourth-order valence-corrected chi connectivity index (χ4v) is 8.87. The average molecular weight is 1120 g/mol. The lowest BCUT2D eigenvalue weighted by atomic mass is 9.94. The van der Waals surface area contributed by atoms with E-state index in [0.717, 1.165) is 72.7 Å². The first kappa shape index (κ1) is 59.4. The molecule has 0 aliphatic rings. The normalized spacial score (nSPS) is 11.6. The quantitative estimate of drug-likeness (QED) is 0.0251. The Hall–Kier alpha value is -12.7. The number of carboxylic acids is 4. The number of rotatable bonds is 20. The number of aliphatic carboxylic acids is 4. The van der Waals surface area contributed by atoms with Crippen LogP contribution >= 0.6 is 0 Å². The predicted molar refractivity (Wildman–Crippen MR) is 339 cm³/mol. The minimum absolute atomic E-state index is 0.429. The minimum atomic E-state index is -1.34. The maximum atomic E-state index is 11.6. The van der Waals surface area contributed by atoms with Gasteiger partial charge in [-0.1, -0.05) is 188 Å². The largest absolute Gasteiger partial charge is 0.486 e. The molecule has 0 heterocycles. The molecule has 0 saturated carbocycles. The zero-order valence-electron chi connectivity index (χ0n) is 45.9. The second-order valence-corrected chi connectivity index (χ2v) is 19.1. The number of carboxylic acid groups (broad SMARTS) is 4. The number of hydrogen-bond donors (Lipinski definition) is 4. The van der Waals surface area contributed by atoms with Crippen LogP contribution in [0.3, 0.4) is 0 Å². The number of allylic oxidation sites excluding steroid dienone is 2. The van der Waals surface area contributed by atoms with E-state index in [1.807, 2.05) is 158 Å². The van der Waals surface area contributed by atoms with Crippen molar-refractivity contribution in [3.63, 3.8) is 0 Å². The van der Waals surface area contributed by atoms with Gasteiger partial charge in [0.1, 0.15) is 0 Å². The maximum Gasteiger partial charge on any atom is 0.333 e. The van der Waals surface area contributed by atoms with E-state index in [9.17, 15) is 39.6 Å². The third-order valence-corrected chi connectivity index (χ3v) is 13.3. The Morgan fingerprint density at radius 3 is 0.756 bits per heavy atom. The minimum Gasteiger partial charge on any atom is -0.486 e. The van der Waals surface area contributed by atoms with Crippen molar-refractivity contribution in [1.29, 1.82) is 0 Å². The standard InChI is InChI=1S/C73H49N5O8/c1-48-10-12-49(13-11-48)8-6-7-9-50-22-36-61(37-23-50)78(62-38-24-51(25-39-62)42-64(57-28-14-53(15-29-57)44-66(74-2)70(79)80)58-30-16-54(17-31-58)45-67(75-3)71(81)82)63-40-26-52(27-41-63)43-65(59-32-18-55(19-33-59)46-68(76-4)72(83)84)60-34-20-56(21-35-60)47-69(77-5)73(85)86/h6-47H,1H3,(H,79,80)(H,81,82)(H,83,84)(H,85,86). The number of nitrogens with zero attached hydrogens (tertiary/aromatic N) is 5. The summed E-state index contributed by atoms with van der Waals surface area (Å²) in [6.45, 7) is 31.3. The molecule has 13 heteroatoms. The third-order valence-electron chi connectivity index (χ3n) is 13.3. The van der Waals surface area contributed by atoms with Crippen molar-refractivity contribution in [2.75, 3.05) is 4.90 Å². The Labute approximate surface area is 496 Å². The van der Waals surface area contributed by atoms with Gasteiger partial charge in [0.25, 0.3) is 22.8 Å². The van der Waals surface area contributed by atoms with Crippen LogP contribution in [-0.4, -0.2) is 44.3 Å². The van der Waals surface area contributed by atoms with Crippen LogP contribution in [0.5, 0.6) is 0 Å². The first-order chi connectivity index (χ1) is 41.6. The van der Waals surface area contributed by atoms with Gasteiger partial charge in [-0.3, -0.25) is 19.2 Å². The molecule has 0 radical (unpaired) electrons. The van der Waals surface area contributed by atoms with Crippen molar-refractivity contribution in [2.24, 2.45) is 0 Å².